The summed E-state index contributed by atoms with van der Waals surface area (Å²) >= 11 is 5.97. The highest BCUT2D eigenvalue weighted by Crippen LogP contribution is 2.25. The Bertz CT molecular complexity index is 881. The largest absolute Gasteiger partial charge is 0.463 e. The van der Waals surface area contributed by atoms with E-state index < -0.39 is 0 Å². The van der Waals surface area contributed by atoms with E-state index in [1.807, 2.05) is 18.2 Å². The van der Waals surface area contributed by atoms with E-state index in [0.29, 0.717) is 28.7 Å². The SMILES string of the molecule is O=C(NCC1CCCO1)c1cc(-c2ccco2)n(-c2ccc(Cl)cc2)n1. The molecule has 1 saturated heterocycles. The molecule has 1 N–H and O–H groups in total. The Morgan fingerprint density at radius 3 is 2.85 bits per heavy atom. The molecule has 1 aliphatic heterocycles. The van der Waals surface area contributed by atoms with Crippen LogP contribution in [-0.4, -0.2) is 34.9 Å². The summed E-state index contributed by atoms with van der Waals surface area (Å²) in [5, 5.41) is 8.00. The third kappa shape index (κ3) is 3.52. The third-order valence-electron chi connectivity index (χ3n) is 4.30. The summed E-state index contributed by atoms with van der Waals surface area (Å²) in [7, 11) is 0. The van der Waals surface area contributed by atoms with Gasteiger partial charge >= 0.3 is 0 Å². The standard InChI is InChI=1S/C19H18ClN3O3/c20-13-5-7-14(8-6-13)23-17(18-4-2-10-26-18)11-16(22-23)19(24)21-12-15-3-1-9-25-15/h2,4-8,10-11,15H,1,3,9,12H2,(H,21,24). The summed E-state index contributed by atoms with van der Waals surface area (Å²) in [6.45, 7) is 1.25. The number of nitrogens with one attached hydrogen (secondary N) is 1. The van der Waals surface area contributed by atoms with Crippen molar-refractivity contribution < 1.29 is 13.9 Å². The first-order valence-electron chi connectivity index (χ1n) is 8.50. The van der Waals surface area contributed by atoms with E-state index in [1.165, 1.54) is 0 Å². The molecule has 0 radical (unpaired) electrons. The lowest BCUT2D eigenvalue weighted by atomic mass is 10.2. The number of aromatic nitrogens is 2. The van der Waals surface area contributed by atoms with Gasteiger partial charge in [0.2, 0.25) is 0 Å². The number of amides is 1. The number of carbonyl (C=O) groups excluding carboxylic acids is 1. The number of ether oxygens (including phenoxy) is 1. The Hall–Kier alpha value is -2.57. The molecule has 0 spiro atoms. The summed E-state index contributed by atoms with van der Waals surface area (Å²) in [6, 6.07) is 12.6. The number of furan rings is 1. The Balaban J connectivity index is 1.62. The first-order valence-corrected chi connectivity index (χ1v) is 8.88. The summed E-state index contributed by atoms with van der Waals surface area (Å²) in [5.41, 5.74) is 1.81. The van der Waals surface area contributed by atoms with E-state index in [2.05, 4.69) is 10.4 Å². The maximum atomic E-state index is 12.5. The molecule has 7 heteroatoms. The first kappa shape index (κ1) is 16.9. The van der Waals surface area contributed by atoms with E-state index >= 15 is 0 Å². The molecule has 1 amide bonds. The van der Waals surface area contributed by atoms with Gasteiger partial charge in [0.25, 0.3) is 5.91 Å². The maximum Gasteiger partial charge on any atom is 0.271 e. The molecule has 1 unspecified atom stereocenters. The molecule has 6 nitrogen and oxygen atoms in total. The molecule has 0 saturated carbocycles. The molecule has 2 aromatic heterocycles. The second kappa shape index (κ2) is 7.35. The predicted octanol–water partition coefficient (Wildman–Crippen LogP) is 3.69. The van der Waals surface area contributed by atoms with Crippen molar-refractivity contribution in [3.8, 4) is 17.1 Å². The van der Waals surface area contributed by atoms with E-state index in [9.17, 15) is 4.79 Å². The van der Waals surface area contributed by atoms with Gasteiger partial charge in [0, 0.05) is 24.2 Å². The minimum Gasteiger partial charge on any atom is -0.463 e. The number of rotatable bonds is 5. The van der Waals surface area contributed by atoms with Gasteiger partial charge in [-0.1, -0.05) is 11.6 Å². The Morgan fingerprint density at radius 2 is 2.15 bits per heavy atom. The van der Waals surface area contributed by atoms with E-state index in [1.54, 1.807) is 35.2 Å². The van der Waals surface area contributed by atoms with Crippen LogP contribution in [-0.2, 0) is 4.74 Å². The molecule has 3 heterocycles. The van der Waals surface area contributed by atoms with Gasteiger partial charge in [-0.15, -0.1) is 0 Å². The number of nitrogens with zero attached hydrogens (tertiary/aromatic N) is 2. The fourth-order valence-electron chi connectivity index (χ4n) is 2.97. The van der Waals surface area contributed by atoms with E-state index in [-0.39, 0.29) is 12.0 Å². The summed E-state index contributed by atoms with van der Waals surface area (Å²) in [5.74, 6) is 0.395. The monoisotopic (exact) mass is 371 g/mol. The minimum atomic E-state index is -0.235. The molecular weight excluding hydrogens is 354 g/mol. The fourth-order valence-corrected chi connectivity index (χ4v) is 3.10. The molecule has 26 heavy (non-hydrogen) atoms. The number of carbonyl (C=O) groups is 1. The molecule has 1 atom stereocenters. The molecule has 4 rings (SSSR count). The van der Waals surface area contributed by atoms with Crippen molar-refractivity contribution in [3.05, 3.63) is 59.4 Å². The molecule has 1 aromatic carbocycles. The highest BCUT2D eigenvalue weighted by Gasteiger charge is 2.20. The quantitative estimate of drug-likeness (QED) is 0.742. The van der Waals surface area contributed by atoms with Gasteiger partial charge < -0.3 is 14.5 Å². The average Bonchev–Trinajstić information content (AvgIpc) is 3.41. The second-order valence-electron chi connectivity index (χ2n) is 6.13. The van der Waals surface area contributed by atoms with E-state index in [0.717, 1.165) is 25.1 Å². The highest BCUT2D eigenvalue weighted by molar-refractivity contribution is 6.30. The van der Waals surface area contributed by atoms with Crippen LogP contribution in [0.4, 0.5) is 0 Å². The van der Waals surface area contributed by atoms with E-state index in [4.69, 9.17) is 20.8 Å². The van der Waals surface area contributed by atoms with Crippen molar-refractivity contribution in [2.45, 2.75) is 18.9 Å². The summed E-state index contributed by atoms with van der Waals surface area (Å²) < 4.78 is 12.7. The van der Waals surface area contributed by atoms with Crippen molar-refractivity contribution in [2.24, 2.45) is 0 Å². The zero-order valence-electron chi connectivity index (χ0n) is 14.0. The van der Waals surface area contributed by atoms with Crippen LogP contribution in [0.3, 0.4) is 0 Å². The van der Waals surface area contributed by atoms with Gasteiger partial charge in [-0.25, -0.2) is 4.68 Å². The van der Waals surface area contributed by atoms with Gasteiger partial charge in [0.05, 0.1) is 18.1 Å². The van der Waals surface area contributed by atoms with Crippen LogP contribution >= 0.6 is 11.6 Å². The highest BCUT2D eigenvalue weighted by atomic mass is 35.5. The Morgan fingerprint density at radius 1 is 1.31 bits per heavy atom. The van der Waals surface area contributed by atoms with Crippen LogP contribution in [0.25, 0.3) is 17.1 Å². The minimum absolute atomic E-state index is 0.0850. The van der Waals surface area contributed by atoms with Crippen molar-refractivity contribution >= 4 is 17.5 Å². The van der Waals surface area contributed by atoms with Crippen molar-refractivity contribution in [2.75, 3.05) is 13.2 Å². The van der Waals surface area contributed by atoms with Crippen LogP contribution in [0.15, 0.2) is 53.1 Å². The van der Waals surface area contributed by atoms with Crippen molar-refractivity contribution in [1.82, 2.24) is 15.1 Å². The summed E-state index contributed by atoms with van der Waals surface area (Å²) in [4.78, 5) is 12.5. The molecule has 134 valence electrons. The van der Waals surface area contributed by atoms with Crippen LogP contribution in [0.1, 0.15) is 23.3 Å². The smallest absolute Gasteiger partial charge is 0.271 e. The lowest BCUT2D eigenvalue weighted by molar-refractivity contribution is 0.0853. The van der Waals surface area contributed by atoms with Crippen LogP contribution in [0.2, 0.25) is 5.02 Å². The van der Waals surface area contributed by atoms with Gasteiger partial charge in [0.1, 0.15) is 5.69 Å². The average molecular weight is 372 g/mol. The van der Waals surface area contributed by atoms with Crippen LogP contribution in [0.5, 0.6) is 0 Å². The van der Waals surface area contributed by atoms with Gasteiger partial charge in [0.15, 0.2) is 11.5 Å². The zero-order chi connectivity index (χ0) is 17.9. The van der Waals surface area contributed by atoms with Crippen LogP contribution < -0.4 is 5.32 Å². The molecule has 3 aromatic rings. The molecule has 0 bridgehead atoms. The third-order valence-corrected chi connectivity index (χ3v) is 4.55. The topological polar surface area (TPSA) is 69.3 Å². The van der Waals surface area contributed by atoms with Crippen molar-refractivity contribution in [3.63, 3.8) is 0 Å². The molecular formula is C19H18ClN3O3. The lowest BCUT2D eigenvalue weighted by Gasteiger charge is -2.09. The van der Waals surface area contributed by atoms with Crippen LogP contribution in [0, 0.1) is 0 Å². The van der Waals surface area contributed by atoms with Gasteiger partial charge in [-0.2, -0.15) is 5.10 Å². The fraction of sp³-hybridized carbons (Fsp3) is 0.263. The Kier molecular flexibility index (Phi) is 4.77. The predicted molar refractivity (Wildman–Crippen MR) is 97.6 cm³/mol. The van der Waals surface area contributed by atoms with Gasteiger partial charge in [-0.05, 0) is 49.2 Å². The normalized spacial score (nSPS) is 16.7. The zero-order valence-corrected chi connectivity index (χ0v) is 14.8. The van der Waals surface area contributed by atoms with Crippen molar-refractivity contribution in [1.29, 1.82) is 0 Å². The lowest BCUT2D eigenvalue weighted by Crippen LogP contribution is -2.32. The number of hydrogen-bond acceptors (Lipinski definition) is 4. The number of benzene rings is 1. The molecule has 1 aliphatic rings. The first-order chi connectivity index (χ1) is 12.7. The summed E-state index contributed by atoms with van der Waals surface area (Å²) in [6.07, 6.45) is 3.68. The molecule has 1 fully saturated rings. The Labute approximate surface area is 155 Å². The second-order valence-corrected chi connectivity index (χ2v) is 6.56. The molecule has 0 aliphatic carbocycles. The number of hydrogen-bond donors (Lipinski definition) is 1. The number of halogens is 1. The maximum absolute atomic E-state index is 12.5. The van der Waals surface area contributed by atoms with Gasteiger partial charge in [-0.3, -0.25) is 4.79 Å².